The van der Waals surface area contributed by atoms with Crippen LogP contribution in [0.4, 0.5) is 0 Å². The van der Waals surface area contributed by atoms with E-state index in [1.807, 2.05) is 13.0 Å². The quantitative estimate of drug-likeness (QED) is 0.653. The lowest BCUT2D eigenvalue weighted by Gasteiger charge is -1.82. The van der Waals surface area contributed by atoms with Gasteiger partial charge in [-0.25, -0.2) is 0 Å². The maximum Gasteiger partial charge on any atom is 0.0995 e. The standard InChI is InChI=1S/C7H10N2S/c1-3-4-5-7-6(2)8-10-9-7/h4-5H,3H2,1-2H3/b5-4-. The molecular weight excluding hydrogens is 144 g/mol. The van der Waals surface area contributed by atoms with Crippen LogP contribution in [-0.2, 0) is 0 Å². The van der Waals surface area contributed by atoms with Crippen LogP contribution in [0, 0.1) is 6.92 Å². The van der Waals surface area contributed by atoms with E-state index >= 15 is 0 Å². The maximum atomic E-state index is 4.10. The van der Waals surface area contributed by atoms with E-state index in [4.69, 9.17) is 0 Å². The highest BCUT2D eigenvalue weighted by atomic mass is 32.1. The van der Waals surface area contributed by atoms with Gasteiger partial charge in [0.2, 0.25) is 0 Å². The molecule has 0 aliphatic heterocycles. The summed E-state index contributed by atoms with van der Waals surface area (Å²) in [6.07, 6.45) is 5.15. The van der Waals surface area contributed by atoms with Crippen LogP contribution in [0.5, 0.6) is 0 Å². The lowest BCUT2D eigenvalue weighted by Crippen LogP contribution is -1.74. The van der Waals surface area contributed by atoms with Crippen LogP contribution in [0.2, 0.25) is 0 Å². The average molecular weight is 154 g/mol. The molecule has 0 amide bonds. The summed E-state index contributed by atoms with van der Waals surface area (Å²) in [7, 11) is 0. The minimum Gasteiger partial charge on any atom is -0.178 e. The van der Waals surface area contributed by atoms with Crippen molar-refractivity contribution in [2.45, 2.75) is 20.3 Å². The molecule has 0 saturated heterocycles. The van der Waals surface area contributed by atoms with E-state index in [0.717, 1.165) is 17.8 Å². The van der Waals surface area contributed by atoms with Crippen LogP contribution >= 0.6 is 11.7 Å². The second kappa shape index (κ2) is 3.46. The highest BCUT2D eigenvalue weighted by molar-refractivity contribution is 6.99. The highest BCUT2D eigenvalue weighted by Crippen LogP contribution is 2.05. The van der Waals surface area contributed by atoms with Gasteiger partial charge in [0.1, 0.15) is 0 Å². The number of hydrogen-bond donors (Lipinski definition) is 0. The number of aromatic nitrogens is 2. The Labute approximate surface area is 64.9 Å². The summed E-state index contributed by atoms with van der Waals surface area (Å²) >= 11 is 1.27. The molecule has 54 valence electrons. The fraction of sp³-hybridized carbons (Fsp3) is 0.429. The van der Waals surface area contributed by atoms with Gasteiger partial charge in [0.05, 0.1) is 23.1 Å². The summed E-state index contributed by atoms with van der Waals surface area (Å²) in [6, 6.07) is 0. The smallest absolute Gasteiger partial charge is 0.0995 e. The van der Waals surface area contributed by atoms with Crippen LogP contribution in [0.15, 0.2) is 6.08 Å². The van der Waals surface area contributed by atoms with Gasteiger partial charge in [0.15, 0.2) is 0 Å². The van der Waals surface area contributed by atoms with Crippen molar-refractivity contribution < 1.29 is 0 Å². The molecule has 0 spiro atoms. The Morgan fingerprint density at radius 1 is 1.50 bits per heavy atom. The Balaban J connectivity index is 2.74. The number of allylic oxidation sites excluding steroid dienone is 1. The molecule has 0 radical (unpaired) electrons. The predicted octanol–water partition coefficient (Wildman–Crippen LogP) is 2.27. The van der Waals surface area contributed by atoms with Gasteiger partial charge in [-0.3, -0.25) is 0 Å². The maximum absolute atomic E-state index is 4.10. The average Bonchev–Trinajstić information content (AvgIpc) is 2.31. The van der Waals surface area contributed by atoms with Crippen LogP contribution < -0.4 is 0 Å². The van der Waals surface area contributed by atoms with Crippen molar-refractivity contribution in [3.63, 3.8) is 0 Å². The van der Waals surface area contributed by atoms with Gasteiger partial charge in [-0.2, -0.15) is 8.75 Å². The summed E-state index contributed by atoms with van der Waals surface area (Å²) < 4.78 is 8.15. The van der Waals surface area contributed by atoms with Crippen molar-refractivity contribution in [2.24, 2.45) is 0 Å². The van der Waals surface area contributed by atoms with Gasteiger partial charge < -0.3 is 0 Å². The van der Waals surface area contributed by atoms with E-state index in [2.05, 4.69) is 21.7 Å². The zero-order valence-corrected chi connectivity index (χ0v) is 6.98. The largest absolute Gasteiger partial charge is 0.178 e. The van der Waals surface area contributed by atoms with E-state index < -0.39 is 0 Å². The molecule has 0 saturated carbocycles. The first-order valence-electron chi connectivity index (χ1n) is 3.30. The molecule has 2 nitrogen and oxygen atoms in total. The first-order chi connectivity index (χ1) is 4.84. The second-order valence-corrected chi connectivity index (χ2v) is 2.57. The molecule has 0 unspecified atom stereocenters. The zero-order chi connectivity index (χ0) is 7.40. The third-order valence-corrected chi connectivity index (χ3v) is 1.83. The lowest BCUT2D eigenvalue weighted by atomic mass is 10.3. The third-order valence-electron chi connectivity index (χ3n) is 1.20. The van der Waals surface area contributed by atoms with Crippen molar-refractivity contribution >= 4 is 17.8 Å². The molecule has 10 heavy (non-hydrogen) atoms. The number of nitrogens with zero attached hydrogens (tertiary/aromatic N) is 2. The Kier molecular flexibility index (Phi) is 2.57. The number of rotatable bonds is 2. The monoisotopic (exact) mass is 154 g/mol. The Morgan fingerprint density at radius 2 is 2.30 bits per heavy atom. The fourth-order valence-electron chi connectivity index (χ4n) is 0.619. The predicted molar refractivity (Wildman–Crippen MR) is 44.0 cm³/mol. The van der Waals surface area contributed by atoms with E-state index in [9.17, 15) is 0 Å². The molecule has 0 bridgehead atoms. The van der Waals surface area contributed by atoms with E-state index in [1.165, 1.54) is 11.7 Å². The molecule has 0 fully saturated rings. The van der Waals surface area contributed by atoms with Crippen LogP contribution in [-0.4, -0.2) is 8.75 Å². The van der Waals surface area contributed by atoms with Gasteiger partial charge in [-0.1, -0.05) is 13.0 Å². The SMILES string of the molecule is CC/C=C\c1nsnc1C. The lowest BCUT2D eigenvalue weighted by molar-refractivity contribution is 1.22. The third kappa shape index (κ3) is 1.64. The Morgan fingerprint density at radius 3 is 2.80 bits per heavy atom. The summed E-state index contributed by atoms with van der Waals surface area (Å²) in [5.74, 6) is 0. The second-order valence-electron chi connectivity index (χ2n) is 2.05. The Bertz CT molecular complexity index is 227. The minimum absolute atomic E-state index is 1.01. The molecule has 3 heteroatoms. The molecule has 1 aromatic rings. The number of aryl methyl sites for hydroxylation is 1. The fourth-order valence-corrected chi connectivity index (χ4v) is 1.16. The van der Waals surface area contributed by atoms with Gasteiger partial charge in [-0.05, 0) is 19.4 Å². The zero-order valence-electron chi connectivity index (χ0n) is 6.16. The van der Waals surface area contributed by atoms with Crippen molar-refractivity contribution in [3.8, 4) is 0 Å². The Hall–Kier alpha value is -0.700. The van der Waals surface area contributed by atoms with Gasteiger partial charge in [-0.15, -0.1) is 0 Å². The topological polar surface area (TPSA) is 25.8 Å². The normalized spacial score (nSPS) is 11.0. The molecule has 0 N–H and O–H groups in total. The summed E-state index contributed by atoms with van der Waals surface area (Å²) in [5.41, 5.74) is 2.03. The van der Waals surface area contributed by atoms with Crippen molar-refractivity contribution in [2.75, 3.05) is 0 Å². The van der Waals surface area contributed by atoms with E-state index in [-0.39, 0.29) is 0 Å². The molecule has 0 atom stereocenters. The van der Waals surface area contributed by atoms with Gasteiger partial charge in [0.25, 0.3) is 0 Å². The molecule has 1 aromatic heterocycles. The molecular formula is C7H10N2S. The molecule has 1 rings (SSSR count). The van der Waals surface area contributed by atoms with Crippen molar-refractivity contribution in [1.82, 2.24) is 8.75 Å². The van der Waals surface area contributed by atoms with Crippen LogP contribution in [0.3, 0.4) is 0 Å². The first-order valence-corrected chi connectivity index (χ1v) is 4.03. The van der Waals surface area contributed by atoms with E-state index in [0.29, 0.717) is 0 Å². The summed E-state index contributed by atoms with van der Waals surface area (Å²) in [6.45, 7) is 4.07. The van der Waals surface area contributed by atoms with E-state index in [1.54, 1.807) is 0 Å². The number of hydrogen-bond acceptors (Lipinski definition) is 3. The van der Waals surface area contributed by atoms with Crippen molar-refractivity contribution in [1.29, 1.82) is 0 Å². The summed E-state index contributed by atoms with van der Waals surface area (Å²) in [5, 5.41) is 0. The molecule has 0 aliphatic carbocycles. The molecule has 0 aliphatic rings. The van der Waals surface area contributed by atoms with Gasteiger partial charge >= 0.3 is 0 Å². The van der Waals surface area contributed by atoms with Crippen LogP contribution in [0.25, 0.3) is 6.08 Å². The van der Waals surface area contributed by atoms with Crippen molar-refractivity contribution in [3.05, 3.63) is 17.5 Å². The summed E-state index contributed by atoms with van der Waals surface area (Å²) in [4.78, 5) is 0. The first kappa shape index (κ1) is 7.41. The van der Waals surface area contributed by atoms with Gasteiger partial charge in [0, 0.05) is 0 Å². The highest BCUT2D eigenvalue weighted by Gasteiger charge is 1.95. The minimum atomic E-state index is 1.01. The molecule has 1 heterocycles. The van der Waals surface area contributed by atoms with Crippen LogP contribution in [0.1, 0.15) is 24.7 Å². The molecule has 0 aromatic carbocycles.